The zero-order valence-electron chi connectivity index (χ0n) is 12.0. The molecular weight excluding hydrogens is 275 g/mol. The van der Waals surface area contributed by atoms with Crippen LogP contribution < -0.4 is 9.64 Å². The Bertz CT molecular complexity index is 638. The summed E-state index contributed by atoms with van der Waals surface area (Å²) in [5.74, 6) is 1.41. The predicted molar refractivity (Wildman–Crippen MR) is 76.0 cm³/mol. The van der Waals surface area contributed by atoms with E-state index in [0.717, 1.165) is 19.0 Å². The molecule has 0 spiro atoms. The molecule has 0 amide bonds. The first-order valence-electron chi connectivity index (χ1n) is 6.76. The van der Waals surface area contributed by atoms with Crippen LogP contribution in [0.3, 0.4) is 0 Å². The van der Waals surface area contributed by atoms with E-state index in [1.807, 2.05) is 7.05 Å². The van der Waals surface area contributed by atoms with Crippen molar-refractivity contribution < 1.29 is 13.9 Å². The maximum absolute atomic E-state index is 13.5. The van der Waals surface area contributed by atoms with Crippen LogP contribution in [0, 0.1) is 5.82 Å². The summed E-state index contributed by atoms with van der Waals surface area (Å²) in [6, 6.07) is 4.32. The van der Waals surface area contributed by atoms with Crippen molar-refractivity contribution in [2.45, 2.75) is 0 Å². The molecule has 112 valence electrons. The lowest BCUT2D eigenvalue weighted by molar-refractivity contribution is 0.121. The third-order valence-corrected chi connectivity index (χ3v) is 3.44. The molecule has 1 aromatic heterocycles. The summed E-state index contributed by atoms with van der Waals surface area (Å²) in [6.45, 7) is 2.88. The van der Waals surface area contributed by atoms with E-state index >= 15 is 0 Å². The van der Waals surface area contributed by atoms with Gasteiger partial charge >= 0.3 is 0 Å². The molecule has 0 atom stereocenters. The summed E-state index contributed by atoms with van der Waals surface area (Å²) in [5.41, 5.74) is 0.549. The van der Waals surface area contributed by atoms with E-state index in [4.69, 9.17) is 9.47 Å². The molecule has 0 N–H and O–H groups in total. The lowest BCUT2D eigenvalue weighted by atomic mass is 10.2. The average molecular weight is 292 g/mol. The lowest BCUT2D eigenvalue weighted by Crippen LogP contribution is -2.37. The summed E-state index contributed by atoms with van der Waals surface area (Å²) in [6.07, 6.45) is 0. The quantitative estimate of drug-likeness (QED) is 0.857. The van der Waals surface area contributed by atoms with Crippen LogP contribution in [0.25, 0.3) is 11.4 Å². The summed E-state index contributed by atoms with van der Waals surface area (Å²) < 4.78 is 25.8. The Kier molecular flexibility index (Phi) is 3.74. The molecule has 0 radical (unpaired) electrons. The Hall–Kier alpha value is -2.15. The van der Waals surface area contributed by atoms with Gasteiger partial charge in [0.15, 0.2) is 5.82 Å². The van der Waals surface area contributed by atoms with E-state index in [0.29, 0.717) is 30.4 Å². The number of ether oxygens (including phenoxy) is 2. The smallest absolute Gasteiger partial charge is 0.224 e. The second-order valence-corrected chi connectivity index (χ2v) is 4.80. The molecule has 0 aliphatic carbocycles. The number of halogens is 1. The van der Waals surface area contributed by atoms with E-state index in [2.05, 4.69) is 15.0 Å². The summed E-state index contributed by atoms with van der Waals surface area (Å²) in [4.78, 5) is 6.63. The standard InChI is InChI=1S/C14H17FN4O2/c1-18-14(19-5-7-21-8-6-19)16-13(17-18)11-9-10(15)3-4-12(11)20-2/h3-4,9H,5-8H2,1-2H3. The van der Waals surface area contributed by atoms with Crippen LogP contribution >= 0.6 is 0 Å². The lowest BCUT2D eigenvalue weighted by Gasteiger charge is -2.26. The SMILES string of the molecule is COc1ccc(F)cc1-c1nc(N2CCOCC2)n(C)n1. The first-order chi connectivity index (χ1) is 10.2. The Balaban J connectivity index is 1.98. The van der Waals surface area contributed by atoms with Crippen molar-refractivity contribution in [3.63, 3.8) is 0 Å². The number of benzene rings is 1. The van der Waals surface area contributed by atoms with Gasteiger partial charge in [0.25, 0.3) is 0 Å². The maximum atomic E-state index is 13.5. The van der Waals surface area contributed by atoms with Gasteiger partial charge < -0.3 is 14.4 Å². The highest BCUT2D eigenvalue weighted by Crippen LogP contribution is 2.29. The third kappa shape index (κ3) is 2.69. The third-order valence-electron chi connectivity index (χ3n) is 3.44. The van der Waals surface area contributed by atoms with Gasteiger partial charge in [-0.2, -0.15) is 4.98 Å². The highest BCUT2D eigenvalue weighted by Gasteiger charge is 2.20. The Morgan fingerprint density at radius 2 is 2.05 bits per heavy atom. The van der Waals surface area contributed by atoms with Crippen LogP contribution in [0.15, 0.2) is 18.2 Å². The van der Waals surface area contributed by atoms with Crippen molar-refractivity contribution in [3.05, 3.63) is 24.0 Å². The van der Waals surface area contributed by atoms with E-state index in [1.165, 1.54) is 12.1 Å². The number of aryl methyl sites for hydroxylation is 1. The monoisotopic (exact) mass is 292 g/mol. The first kappa shape index (κ1) is 13.8. The molecule has 1 aliphatic rings. The average Bonchev–Trinajstić information content (AvgIpc) is 2.90. The Morgan fingerprint density at radius 3 is 2.76 bits per heavy atom. The molecule has 2 heterocycles. The number of morpholine rings is 1. The van der Waals surface area contributed by atoms with E-state index in [1.54, 1.807) is 17.9 Å². The van der Waals surface area contributed by atoms with E-state index in [9.17, 15) is 4.39 Å². The predicted octanol–water partition coefficient (Wildman–Crippen LogP) is 1.47. The molecule has 0 saturated carbocycles. The molecule has 21 heavy (non-hydrogen) atoms. The summed E-state index contributed by atoms with van der Waals surface area (Å²) in [7, 11) is 3.37. The fourth-order valence-corrected chi connectivity index (χ4v) is 2.38. The normalized spacial score (nSPS) is 15.3. The van der Waals surface area contributed by atoms with E-state index < -0.39 is 0 Å². The molecule has 1 aliphatic heterocycles. The van der Waals surface area contributed by atoms with Crippen LogP contribution in [0.4, 0.5) is 10.3 Å². The van der Waals surface area contributed by atoms with Crippen LogP contribution in [0.1, 0.15) is 0 Å². The molecule has 1 fully saturated rings. The topological polar surface area (TPSA) is 52.4 Å². The number of rotatable bonds is 3. The second kappa shape index (κ2) is 5.69. The summed E-state index contributed by atoms with van der Waals surface area (Å²) in [5, 5.41) is 4.38. The molecular formula is C14H17FN4O2. The molecule has 2 aromatic rings. The van der Waals surface area contributed by atoms with Gasteiger partial charge in [-0.25, -0.2) is 9.07 Å². The number of aromatic nitrogens is 3. The van der Waals surface area contributed by atoms with E-state index in [-0.39, 0.29) is 5.82 Å². The van der Waals surface area contributed by atoms with Crippen molar-refractivity contribution in [1.29, 1.82) is 0 Å². The van der Waals surface area contributed by atoms with Crippen LogP contribution in [-0.4, -0.2) is 48.2 Å². The van der Waals surface area contributed by atoms with Gasteiger partial charge in [0, 0.05) is 20.1 Å². The molecule has 0 bridgehead atoms. The number of anilines is 1. The van der Waals surface area contributed by atoms with Gasteiger partial charge in [0.05, 0.1) is 25.9 Å². The largest absolute Gasteiger partial charge is 0.496 e. The Morgan fingerprint density at radius 1 is 1.29 bits per heavy atom. The number of hydrogen-bond acceptors (Lipinski definition) is 5. The molecule has 1 saturated heterocycles. The fourth-order valence-electron chi connectivity index (χ4n) is 2.38. The minimum Gasteiger partial charge on any atom is -0.496 e. The second-order valence-electron chi connectivity index (χ2n) is 4.80. The van der Waals surface area contributed by atoms with Crippen molar-refractivity contribution in [2.24, 2.45) is 7.05 Å². The number of hydrogen-bond donors (Lipinski definition) is 0. The van der Waals surface area contributed by atoms with Gasteiger partial charge in [-0.05, 0) is 18.2 Å². The molecule has 3 rings (SSSR count). The van der Waals surface area contributed by atoms with Crippen molar-refractivity contribution in [2.75, 3.05) is 38.3 Å². The summed E-state index contributed by atoms with van der Waals surface area (Å²) >= 11 is 0. The fraction of sp³-hybridized carbons (Fsp3) is 0.429. The molecule has 6 nitrogen and oxygen atoms in total. The van der Waals surface area contributed by atoms with Gasteiger partial charge in [-0.15, -0.1) is 5.10 Å². The molecule has 7 heteroatoms. The van der Waals surface area contributed by atoms with Crippen LogP contribution in [0.5, 0.6) is 5.75 Å². The van der Waals surface area contributed by atoms with Gasteiger partial charge in [0.2, 0.25) is 5.95 Å². The maximum Gasteiger partial charge on any atom is 0.224 e. The number of methoxy groups -OCH3 is 1. The van der Waals surface area contributed by atoms with Crippen molar-refractivity contribution in [3.8, 4) is 17.1 Å². The van der Waals surface area contributed by atoms with Crippen molar-refractivity contribution >= 4 is 5.95 Å². The zero-order valence-corrected chi connectivity index (χ0v) is 12.0. The van der Waals surface area contributed by atoms with Gasteiger partial charge in [-0.1, -0.05) is 0 Å². The highest BCUT2D eigenvalue weighted by molar-refractivity contribution is 5.65. The first-order valence-corrected chi connectivity index (χ1v) is 6.76. The van der Waals surface area contributed by atoms with Crippen molar-refractivity contribution in [1.82, 2.24) is 14.8 Å². The zero-order chi connectivity index (χ0) is 14.8. The highest BCUT2D eigenvalue weighted by atomic mass is 19.1. The molecule has 1 aromatic carbocycles. The minimum absolute atomic E-state index is 0.342. The molecule has 0 unspecified atom stereocenters. The van der Waals surface area contributed by atoms with Gasteiger partial charge in [0.1, 0.15) is 11.6 Å². The van der Waals surface area contributed by atoms with Crippen LogP contribution in [-0.2, 0) is 11.8 Å². The Labute approximate surface area is 122 Å². The van der Waals surface area contributed by atoms with Gasteiger partial charge in [-0.3, -0.25) is 0 Å². The minimum atomic E-state index is -0.342. The van der Waals surface area contributed by atoms with Crippen LogP contribution in [0.2, 0.25) is 0 Å². The number of nitrogens with zero attached hydrogens (tertiary/aromatic N) is 4.